The number of nitrogen functional groups attached to an aromatic ring is 1. The third-order valence-electron chi connectivity index (χ3n) is 3.49. The second-order valence-electron chi connectivity index (χ2n) is 4.85. The lowest BCUT2D eigenvalue weighted by Crippen LogP contribution is -2.29. The fraction of sp³-hybridized carbons (Fsp3) is 0.571. The van der Waals surface area contributed by atoms with E-state index in [1.807, 2.05) is 13.8 Å². The summed E-state index contributed by atoms with van der Waals surface area (Å²) in [6.45, 7) is 4.34. The largest absolute Gasteiger partial charge is 0.398 e. The van der Waals surface area contributed by atoms with Crippen LogP contribution in [0.25, 0.3) is 0 Å². The molecule has 1 aromatic carbocycles. The standard InChI is InChI=1S/C14H24N2O3S/c1-3-11(7-8-17)10-16-20(18,19)13-6-5-12(4-2)14(15)9-13/h5-6,9,11,16-17H,3-4,7-8,10,15H2,1-2H3. The molecule has 1 aromatic rings. The van der Waals surface area contributed by atoms with E-state index in [4.69, 9.17) is 10.8 Å². The van der Waals surface area contributed by atoms with Crippen molar-refractivity contribution in [3.63, 3.8) is 0 Å². The van der Waals surface area contributed by atoms with Crippen LogP contribution in [-0.2, 0) is 16.4 Å². The Bertz CT molecular complexity index is 529. The SMILES string of the molecule is CCc1ccc(S(=O)(=O)NCC(CC)CCO)cc1N. The number of aliphatic hydroxyl groups excluding tert-OH is 1. The summed E-state index contributed by atoms with van der Waals surface area (Å²) in [5, 5.41) is 8.91. The molecule has 0 saturated carbocycles. The number of hydrogen-bond donors (Lipinski definition) is 3. The molecule has 1 rings (SSSR count). The van der Waals surface area contributed by atoms with Crippen molar-refractivity contribution < 1.29 is 13.5 Å². The van der Waals surface area contributed by atoms with Crippen LogP contribution < -0.4 is 10.5 Å². The third-order valence-corrected chi connectivity index (χ3v) is 4.91. The van der Waals surface area contributed by atoms with Gasteiger partial charge < -0.3 is 10.8 Å². The first kappa shape index (κ1) is 16.9. The maximum absolute atomic E-state index is 12.2. The molecule has 0 radical (unpaired) electrons. The van der Waals surface area contributed by atoms with Gasteiger partial charge in [0.25, 0.3) is 0 Å². The molecule has 1 atom stereocenters. The summed E-state index contributed by atoms with van der Waals surface area (Å²) < 4.78 is 26.9. The highest BCUT2D eigenvalue weighted by molar-refractivity contribution is 7.89. The fourth-order valence-corrected chi connectivity index (χ4v) is 3.16. The minimum Gasteiger partial charge on any atom is -0.398 e. The molecule has 6 heteroatoms. The number of aryl methyl sites for hydroxylation is 1. The molecule has 0 saturated heterocycles. The van der Waals surface area contributed by atoms with Gasteiger partial charge in [-0.1, -0.05) is 26.3 Å². The van der Waals surface area contributed by atoms with Crippen LogP contribution in [0.3, 0.4) is 0 Å². The number of sulfonamides is 1. The van der Waals surface area contributed by atoms with E-state index in [9.17, 15) is 8.42 Å². The fourth-order valence-electron chi connectivity index (χ4n) is 2.01. The van der Waals surface area contributed by atoms with Gasteiger partial charge in [0.1, 0.15) is 0 Å². The molecule has 114 valence electrons. The highest BCUT2D eigenvalue weighted by Crippen LogP contribution is 2.19. The third kappa shape index (κ3) is 4.47. The molecule has 0 aliphatic rings. The van der Waals surface area contributed by atoms with Crippen LogP contribution in [0.2, 0.25) is 0 Å². The van der Waals surface area contributed by atoms with Gasteiger partial charge in [0.15, 0.2) is 0 Å². The summed E-state index contributed by atoms with van der Waals surface area (Å²) in [7, 11) is -3.54. The molecule has 5 nitrogen and oxygen atoms in total. The van der Waals surface area contributed by atoms with Crippen molar-refractivity contribution in [2.24, 2.45) is 5.92 Å². The van der Waals surface area contributed by atoms with Gasteiger partial charge in [-0.2, -0.15) is 0 Å². The first-order chi connectivity index (χ1) is 9.44. The van der Waals surface area contributed by atoms with Crippen molar-refractivity contribution in [1.29, 1.82) is 0 Å². The first-order valence-electron chi connectivity index (χ1n) is 6.93. The molecule has 20 heavy (non-hydrogen) atoms. The van der Waals surface area contributed by atoms with E-state index in [0.29, 0.717) is 18.7 Å². The molecular weight excluding hydrogens is 276 g/mol. The first-order valence-corrected chi connectivity index (χ1v) is 8.41. The van der Waals surface area contributed by atoms with Gasteiger partial charge in [-0.15, -0.1) is 0 Å². The molecule has 0 heterocycles. The van der Waals surface area contributed by atoms with Gasteiger partial charge >= 0.3 is 0 Å². The number of nitrogens with one attached hydrogen (secondary N) is 1. The van der Waals surface area contributed by atoms with Crippen molar-refractivity contribution in [3.8, 4) is 0 Å². The number of anilines is 1. The zero-order chi connectivity index (χ0) is 15.2. The van der Waals surface area contributed by atoms with E-state index in [0.717, 1.165) is 18.4 Å². The van der Waals surface area contributed by atoms with E-state index in [1.54, 1.807) is 12.1 Å². The molecule has 0 spiro atoms. The predicted molar refractivity (Wildman–Crippen MR) is 80.9 cm³/mol. The quantitative estimate of drug-likeness (QED) is 0.635. The van der Waals surface area contributed by atoms with Crippen LogP contribution in [0.5, 0.6) is 0 Å². The zero-order valence-electron chi connectivity index (χ0n) is 12.1. The lowest BCUT2D eigenvalue weighted by molar-refractivity contribution is 0.254. The minimum absolute atomic E-state index is 0.0678. The van der Waals surface area contributed by atoms with E-state index >= 15 is 0 Å². The van der Waals surface area contributed by atoms with Crippen LogP contribution in [-0.4, -0.2) is 26.7 Å². The molecule has 1 unspecified atom stereocenters. The highest BCUT2D eigenvalue weighted by Gasteiger charge is 2.17. The van der Waals surface area contributed by atoms with Gasteiger partial charge in [-0.3, -0.25) is 0 Å². The van der Waals surface area contributed by atoms with Gasteiger partial charge in [-0.05, 0) is 36.5 Å². The molecule has 0 aromatic heterocycles. The van der Waals surface area contributed by atoms with Crippen molar-refractivity contribution in [3.05, 3.63) is 23.8 Å². The minimum atomic E-state index is -3.54. The van der Waals surface area contributed by atoms with Gasteiger partial charge in [0.2, 0.25) is 10.0 Å². The Kier molecular flexibility index (Phi) is 6.45. The Labute approximate surface area is 121 Å². The molecular formula is C14H24N2O3S. The Morgan fingerprint density at radius 3 is 2.55 bits per heavy atom. The normalized spacial score (nSPS) is 13.3. The molecule has 0 aliphatic heterocycles. The maximum atomic E-state index is 12.2. The van der Waals surface area contributed by atoms with Crippen LogP contribution in [0.1, 0.15) is 32.3 Å². The van der Waals surface area contributed by atoms with Crippen LogP contribution in [0.4, 0.5) is 5.69 Å². The van der Waals surface area contributed by atoms with Gasteiger partial charge in [0.05, 0.1) is 4.90 Å². The summed E-state index contributed by atoms with van der Waals surface area (Å²) in [6.07, 6.45) is 2.18. The summed E-state index contributed by atoms with van der Waals surface area (Å²) in [5.74, 6) is 0.141. The molecule has 0 amide bonds. The van der Waals surface area contributed by atoms with Crippen molar-refractivity contribution in [2.45, 2.75) is 38.0 Å². The second-order valence-corrected chi connectivity index (χ2v) is 6.62. The summed E-state index contributed by atoms with van der Waals surface area (Å²) >= 11 is 0. The Morgan fingerprint density at radius 1 is 1.35 bits per heavy atom. The van der Waals surface area contributed by atoms with E-state index in [1.165, 1.54) is 6.07 Å². The molecule has 0 fully saturated rings. The van der Waals surface area contributed by atoms with Crippen molar-refractivity contribution in [1.82, 2.24) is 4.72 Å². The molecule has 4 N–H and O–H groups in total. The van der Waals surface area contributed by atoms with Crippen LogP contribution in [0, 0.1) is 5.92 Å². The number of benzene rings is 1. The Morgan fingerprint density at radius 2 is 2.05 bits per heavy atom. The molecule has 0 bridgehead atoms. The second kappa shape index (κ2) is 7.61. The monoisotopic (exact) mass is 300 g/mol. The predicted octanol–water partition coefficient (Wildman–Crippen LogP) is 1.52. The number of rotatable bonds is 8. The lowest BCUT2D eigenvalue weighted by atomic mass is 10.0. The average molecular weight is 300 g/mol. The Balaban J connectivity index is 2.81. The van der Waals surface area contributed by atoms with E-state index in [-0.39, 0.29) is 17.4 Å². The van der Waals surface area contributed by atoms with Gasteiger partial charge in [0, 0.05) is 18.8 Å². The highest BCUT2D eigenvalue weighted by atomic mass is 32.2. The van der Waals surface area contributed by atoms with Crippen molar-refractivity contribution >= 4 is 15.7 Å². The summed E-state index contributed by atoms with van der Waals surface area (Å²) in [4.78, 5) is 0.186. The van der Waals surface area contributed by atoms with E-state index in [2.05, 4.69) is 4.72 Å². The summed E-state index contributed by atoms with van der Waals surface area (Å²) in [5.41, 5.74) is 7.27. The number of hydrogen-bond acceptors (Lipinski definition) is 4. The smallest absolute Gasteiger partial charge is 0.240 e. The maximum Gasteiger partial charge on any atom is 0.240 e. The van der Waals surface area contributed by atoms with Gasteiger partial charge in [-0.25, -0.2) is 13.1 Å². The Hall–Kier alpha value is -1.11. The average Bonchev–Trinajstić information content (AvgIpc) is 2.43. The molecule has 0 aliphatic carbocycles. The topological polar surface area (TPSA) is 92.4 Å². The summed E-state index contributed by atoms with van der Waals surface area (Å²) in [6, 6.07) is 4.81. The van der Waals surface area contributed by atoms with Crippen LogP contribution >= 0.6 is 0 Å². The number of aliphatic hydroxyl groups is 1. The zero-order valence-corrected chi connectivity index (χ0v) is 12.9. The number of nitrogens with two attached hydrogens (primary N) is 1. The van der Waals surface area contributed by atoms with Crippen LogP contribution in [0.15, 0.2) is 23.1 Å². The van der Waals surface area contributed by atoms with E-state index < -0.39 is 10.0 Å². The van der Waals surface area contributed by atoms with Crippen molar-refractivity contribution in [2.75, 3.05) is 18.9 Å². The lowest BCUT2D eigenvalue weighted by Gasteiger charge is -2.15.